The lowest BCUT2D eigenvalue weighted by atomic mass is 10.1. The predicted molar refractivity (Wildman–Crippen MR) is 399 cm³/mol. The average Bonchev–Trinajstić information content (AvgIpc) is 0.982. The fraction of sp³-hybridized carbons (Fsp3) is 0.722. The number of aliphatic hydroxyl groups excluding tert-OH is 1. The fourth-order valence-electron chi connectivity index (χ4n) is 9.96. The van der Waals surface area contributed by atoms with Crippen molar-refractivity contribution in [2.24, 2.45) is 0 Å². The number of esters is 4. The molecule has 0 saturated carbocycles. The van der Waals surface area contributed by atoms with E-state index in [0.29, 0.717) is 25.7 Å². The molecular formula is C79H136O17P2. The van der Waals surface area contributed by atoms with Gasteiger partial charge in [-0.2, -0.15) is 0 Å². The molecule has 564 valence electrons. The Morgan fingerprint density at radius 2 is 0.531 bits per heavy atom. The van der Waals surface area contributed by atoms with Crippen LogP contribution in [0.2, 0.25) is 0 Å². The highest BCUT2D eigenvalue weighted by Crippen LogP contribution is 2.45. The van der Waals surface area contributed by atoms with Crippen LogP contribution in [0.3, 0.4) is 0 Å². The van der Waals surface area contributed by atoms with Gasteiger partial charge in [-0.1, -0.05) is 265 Å². The largest absolute Gasteiger partial charge is 0.472 e. The number of hydrogen-bond donors (Lipinski definition) is 3. The molecule has 0 saturated heterocycles. The van der Waals surface area contributed by atoms with E-state index in [4.69, 9.17) is 37.0 Å². The lowest BCUT2D eigenvalue weighted by Gasteiger charge is -2.21. The van der Waals surface area contributed by atoms with Crippen molar-refractivity contribution in [2.75, 3.05) is 39.6 Å². The molecule has 3 N–H and O–H groups in total. The Bertz CT molecular complexity index is 2290. The third-order valence-corrected chi connectivity index (χ3v) is 17.6. The van der Waals surface area contributed by atoms with E-state index in [0.717, 1.165) is 173 Å². The summed E-state index contributed by atoms with van der Waals surface area (Å²) >= 11 is 0. The maximum Gasteiger partial charge on any atom is 0.472 e. The molecule has 19 heteroatoms. The second-order valence-electron chi connectivity index (χ2n) is 25.2. The van der Waals surface area contributed by atoms with E-state index in [1.807, 2.05) is 0 Å². The standard InChI is InChI=1S/C79H136O17P2/c1-5-9-13-17-21-25-29-32-35-36-39-41-45-48-52-56-60-64-77(82)89-69-74(95-78(83)65-61-57-53-49-43-28-24-20-16-12-8-4)71-93-97(85,86)91-67-73(80)68-92-98(87,88)94-72-75(96-79(84)66-62-58-54-50-46-42-38-34-31-27-23-19-15-11-7-3)70-90-76(81)63-59-55-51-47-44-40-37-33-30-26-22-18-14-10-6-2/h9-10,13-14,21-23,25-27,32-35,37-38,44,47,73-75,80H,5-8,11-12,15-20,24,28-31,36,39-43,45-46,48-72H2,1-4H3,(H,85,86)(H,87,88)/b13-9-,14-10-,25-21-,26-22-,27-23-,35-32-,37-33-,38-34-,47-44-. The summed E-state index contributed by atoms with van der Waals surface area (Å²) in [6.07, 6.45) is 75.1. The maximum absolute atomic E-state index is 13.1. The predicted octanol–water partition coefficient (Wildman–Crippen LogP) is 21.8. The average molecular weight is 1420 g/mol. The number of aliphatic hydroxyl groups is 1. The van der Waals surface area contributed by atoms with Crippen LogP contribution in [0.5, 0.6) is 0 Å². The Kier molecular flexibility index (Phi) is 68.0. The number of carbonyl (C=O) groups is 4. The Morgan fingerprint density at radius 1 is 0.296 bits per heavy atom. The van der Waals surface area contributed by atoms with Crippen molar-refractivity contribution in [2.45, 2.75) is 329 Å². The van der Waals surface area contributed by atoms with Crippen LogP contribution in [0.25, 0.3) is 0 Å². The molecule has 0 radical (unpaired) electrons. The Labute approximate surface area is 594 Å². The summed E-state index contributed by atoms with van der Waals surface area (Å²) in [4.78, 5) is 72.8. The number of ether oxygens (including phenoxy) is 4. The summed E-state index contributed by atoms with van der Waals surface area (Å²) in [5, 5.41) is 10.6. The van der Waals surface area contributed by atoms with Crippen LogP contribution in [-0.2, 0) is 65.4 Å². The first-order valence-electron chi connectivity index (χ1n) is 38.1. The highest BCUT2D eigenvalue weighted by Gasteiger charge is 2.30. The molecule has 0 aromatic heterocycles. The van der Waals surface area contributed by atoms with Gasteiger partial charge in [0.2, 0.25) is 0 Å². The molecule has 0 aliphatic heterocycles. The molecule has 0 aromatic carbocycles. The molecule has 0 bridgehead atoms. The maximum atomic E-state index is 13.1. The number of hydrogen-bond acceptors (Lipinski definition) is 15. The fourth-order valence-corrected chi connectivity index (χ4v) is 11.5. The highest BCUT2D eigenvalue weighted by atomic mass is 31.2. The highest BCUT2D eigenvalue weighted by molar-refractivity contribution is 7.47. The van der Waals surface area contributed by atoms with E-state index >= 15 is 0 Å². The molecule has 0 spiro atoms. The van der Waals surface area contributed by atoms with Gasteiger partial charge < -0.3 is 33.8 Å². The molecule has 17 nitrogen and oxygen atoms in total. The first-order valence-corrected chi connectivity index (χ1v) is 41.1. The van der Waals surface area contributed by atoms with Gasteiger partial charge in [-0.3, -0.25) is 37.3 Å². The third-order valence-electron chi connectivity index (χ3n) is 15.7. The summed E-state index contributed by atoms with van der Waals surface area (Å²) in [6, 6.07) is 0. The Hall–Kier alpha value is -4.28. The minimum atomic E-state index is -4.99. The van der Waals surface area contributed by atoms with Crippen molar-refractivity contribution in [3.63, 3.8) is 0 Å². The number of phosphoric acid groups is 2. The van der Waals surface area contributed by atoms with Gasteiger partial charge in [0.1, 0.15) is 19.3 Å². The van der Waals surface area contributed by atoms with Crippen molar-refractivity contribution in [3.8, 4) is 0 Å². The molecule has 0 aliphatic rings. The van der Waals surface area contributed by atoms with E-state index in [-0.39, 0.29) is 25.7 Å². The molecule has 0 heterocycles. The smallest absolute Gasteiger partial charge is 0.462 e. The van der Waals surface area contributed by atoms with Gasteiger partial charge in [0.25, 0.3) is 0 Å². The summed E-state index contributed by atoms with van der Waals surface area (Å²) in [5.41, 5.74) is 0. The number of rotatable bonds is 71. The van der Waals surface area contributed by atoms with Crippen LogP contribution in [-0.4, -0.2) is 96.7 Å². The third kappa shape index (κ3) is 70.2. The van der Waals surface area contributed by atoms with E-state index in [1.165, 1.54) is 57.8 Å². The summed E-state index contributed by atoms with van der Waals surface area (Å²) < 4.78 is 68.4. The zero-order valence-electron chi connectivity index (χ0n) is 61.4. The van der Waals surface area contributed by atoms with Gasteiger partial charge >= 0.3 is 39.5 Å². The number of carbonyl (C=O) groups excluding carboxylic acids is 4. The van der Waals surface area contributed by atoms with E-state index in [1.54, 1.807) is 0 Å². The zero-order valence-corrected chi connectivity index (χ0v) is 63.2. The second-order valence-corrected chi connectivity index (χ2v) is 28.1. The quantitative estimate of drug-likeness (QED) is 0.0169. The lowest BCUT2D eigenvalue weighted by molar-refractivity contribution is -0.161. The van der Waals surface area contributed by atoms with Crippen LogP contribution >= 0.6 is 15.6 Å². The molecule has 5 atom stereocenters. The SMILES string of the molecule is CC/C=C\C/C=C\C/C=C\C/C=C\CCCCC(=O)OCC(COP(=O)(O)OCC(O)COP(=O)(O)OCC(COC(=O)CCCCCCCCC/C=C\C/C=C\C/C=C\CC)OC(=O)CCCCCCCCCCCCC)OC(=O)CCCCCCC/C=C\C/C=C\CCCCC. The Balaban J connectivity index is 5.36. The van der Waals surface area contributed by atoms with Crippen molar-refractivity contribution in [1.29, 1.82) is 0 Å². The molecule has 5 unspecified atom stereocenters. The first kappa shape index (κ1) is 93.7. The van der Waals surface area contributed by atoms with Gasteiger partial charge in [-0.05, 0) is 128 Å². The summed E-state index contributed by atoms with van der Waals surface area (Å²) in [7, 11) is -9.96. The minimum Gasteiger partial charge on any atom is -0.462 e. The summed E-state index contributed by atoms with van der Waals surface area (Å²) in [6.45, 7) is 4.55. The first-order chi connectivity index (χ1) is 47.7. The number of unbranched alkanes of at least 4 members (excludes halogenated alkanes) is 27. The van der Waals surface area contributed by atoms with Crippen molar-refractivity contribution < 1.29 is 80.2 Å². The molecule has 0 aliphatic carbocycles. The number of phosphoric ester groups is 2. The lowest BCUT2D eigenvalue weighted by Crippen LogP contribution is -2.30. The topological polar surface area (TPSA) is 237 Å². The van der Waals surface area contributed by atoms with Gasteiger partial charge in [0.15, 0.2) is 12.2 Å². The molecule has 0 rings (SSSR count). The molecular weight excluding hydrogens is 1280 g/mol. The van der Waals surface area contributed by atoms with Gasteiger partial charge in [-0.25, -0.2) is 9.13 Å². The second kappa shape index (κ2) is 71.1. The summed E-state index contributed by atoms with van der Waals surface area (Å²) in [5.74, 6) is -2.24. The minimum absolute atomic E-state index is 0.0691. The van der Waals surface area contributed by atoms with Crippen LogP contribution in [0.4, 0.5) is 0 Å². The monoisotopic (exact) mass is 1420 g/mol. The van der Waals surface area contributed by atoms with Crippen LogP contribution in [0, 0.1) is 0 Å². The van der Waals surface area contributed by atoms with Gasteiger partial charge in [0, 0.05) is 25.7 Å². The van der Waals surface area contributed by atoms with Crippen LogP contribution < -0.4 is 0 Å². The van der Waals surface area contributed by atoms with Crippen LogP contribution in [0.15, 0.2) is 109 Å². The van der Waals surface area contributed by atoms with Crippen molar-refractivity contribution in [3.05, 3.63) is 109 Å². The van der Waals surface area contributed by atoms with Crippen molar-refractivity contribution in [1.82, 2.24) is 0 Å². The normalized spacial score (nSPS) is 14.6. The van der Waals surface area contributed by atoms with E-state index in [9.17, 15) is 43.2 Å². The Morgan fingerprint density at radius 3 is 0.857 bits per heavy atom. The van der Waals surface area contributed by atoms with Gasteiger partial charge in [-0.15, -0.1) is 0 Å². The molecule has 0 fully saturated rings. The van der Waals surface area contributed by atoms with E-state index in [2.05, 4.69) is 137 Å². The molecule has 0 amide bonds. The molecule has 98 heavy (non-hydrogen) atoms. The van der Waals surface area contributed by atoms with E-state index < -0.39 is 97.5 Å². The van der Waals surface area contributed by atoms with Crippen molar-refractivity contribution >= 4 is 39.5 Å². The zero-order chi connectivity index (χ0) is 71.8. The van der Waals surface area contributed by atoms with Gasteiger partial charge in [0.05, 0.1) is 26.4 Å². The van der Waals surface area contributed by atoms with Crippen LogP contribution in [0.1, 0.15) is 310 Å². The number of allylic oxidation sites excluding steroid dienone is 18. The molecule has 0 aromatic rings.